The van der Waals surface area contributed by atoms with E-state index >= 15 is 0 Å². The quantitative estimate of drug-likeness (QED) is 0.877. The summed E-state index contributed by atoms with van der Waals surface area (Å²) in [6.45, 7) is 1.60. The van der Waals surface area contributed by atoms with E-state index in [4.69, 9.17) is 4.52 Å². The number of aromatic nitrogens is 2. The lowest BCUT2D eigenvalue weighted by Crippen LogP contribution is -2.35. The number of carbonyl (C=O) groups is 1. The third kappa shape index (κ3) is 4.00. The Bertz CT molecular complexity index is 845. The van der Waals surface area contributed by atoms with Gasteiger partial charge in [0.15, 0.2) is 15.7 Å². The minimum atomic E-state index is -3.66. The number of carbonyl (C=O) groups excluding carboxylic acids is 1. The van der Waals surface area contributed by atoms with Crippen molar-refractivity contribution in [2.45, 2.75) is 38.0 Å². The number of benzene rings is 1. The van der Waals surface area contributed by atoms with E-state index in [9.17, 15) is 13.2 Å². The van der Waals surface area contributed by atoms with Crippen LogP contribution >= 0.6 is 0 Å². The number of rotatable bonds is 5. The summed E-state index contributed by atoms with van der Waals surface area (Å²) >= 11 is 0. The van der Waals surface area contributed by atoms with Crippen LogP contribution in [0.25, 0.3) is 0 Å². The van der Waals surface area contributed by atoms with E-state index in [1.807, 2.05) is 24.3 Å². The largest absolute Gasteiger partial charge is 0.348 e. The molecule has 0 spiro atoms. The molecule has 3 rings (SSSR count). The molecule has 24 heavy (non-hydrogen) atoms. The second-order valence-corrected chi connectivity index (χ2v) is 8.04. The summed E-state index contributed by atoms with van der Waals surface area (Å²) in [5.74, 6) is -1.16. The number of amides is 1. The van der Waals surface area contributed by atoms with Crippen LogP contribution in [-0.4, -0.2) is 30.2 Å². The van der Waals surface area contributed by atoms with E-state index in [0.29, 0.717) is 5.82 Å². The highest BCUT2D eigenvalue weighted by molar-refractivity contribution is 7.91. The summed E-state index contributed by atoms with van der Waals surface area (Å²) < 4.78 is 29.0. The lowest BCUT2D eigenvalue weighted by molar-refractivity contribution is -0.119. The molecule has 2 aromatic rings. The maximum atomic E-state index is 12.2. The number of hydrogen-bond donors (Lipinski definition) is 1. The molecule has 0 saturated heterocycles. The van der Waals surface area contributed by atoms with Crippen molar-refractivity contribution in [2.24, 2.45) is 0 Å². The molecule has 1 aliphatic carbocycles. The predicted molar refractivity (Wildman–Crippen MR) is 86.8 cm³/mol. The van der Waals surface area contributed by atoms with Gasteiger partial charge in [-0.15, -0.1) is 0 Å². The summed E-state index contributed by atoms with van der Waals surface area (Å²) in [4.78, 5) is 16.0. The van der Waals surface area contributed by atoms with Crippen molar-refractivity contribution >= 4 is 15.7 Å². The average Bonchev–Trinajstić information content (AvgIpc) is 2.91. The first-order chi connectivity index (χ1) is 11.4. The second-order valence-electron chi connectivity index (χ2n) is 5.98. The van der Waals surface area contributed by atoms with Crippen LogP contribution in [0.2, 0.25) is 0 Å². The van der Waals surface area contributed by atoms with Gasteiger partial charge in [-0.1, -0.05) is 29.4 Å². The zero-order chi connectivity index (χ0) is 17.2. The molecule has 1 atom stereocenters. The van der Waals surface area contributed by atoms with Crippen molar-refractivity contribution in [2.75, 3.05) is 5.75 Å². The van der Waals surface area contributed by atoms with Gasteiger partial charge in [0, 0.05) is 0 Å². The van der Waals surface area contributed by atoms with Crippen LogP contribution in [0.1, 0.15) is 41.7 Å². The van der Waals surface area contributed by atoms with Crippen molar-refractivity contribution in [3.05, 3.63) is 47.1 Å². The first kappa shape index (κ1) is 16.6. The lowest BCUT2D eigenvalue weighted by atomic mass is 9.88. The molecule has 0 aliphatic heterocycles. The van der Waals surface area contributed by atoms with Gasteiger partial charge in [-0.2, -0.15) is 4.98 Å². The number of sulfone groups is 1. The van der Waals surface area contributed by atoms with Crippen molar-refractivity contribution in [3.8, 4) is 0 Å². The van der Waals surface area contributed by atoms with Gasteiger partial charge in [-0.3, -0.25) is 4.79 Å². The van der Waals surface area contributed by atoms with E-state index in [-0.39, 0.29) is 11.9 Å². The molecule has 0 fully saturated rings. The highest BCUT2D eigenvalue weighted by Gasteiger charge is 2.25. The van der Waals surface area contributed by atoms with Crippen LogP contribution in [0.15, 0.2) is 28.8 Å². The van der Waals surface area contributed by atoms with Gasteiger partial charge in [-0.05, 0) is 37.3 Å². The number of aryl methyl sites for hydroxylation is 2. The average molecular weight is 349 g/mol. The van der Waals surface area contributed by atoms with E-state index in [1.54, 1.807) is 6.92 Å². The maximum absolute atomic E-state index is 12.2. The molecule has 8 heteroatoms. The fraction of sp³-hybridized carbons (Fsp3) is 0.438. The van der Waals surface area contributed by atoms with Gasteiger partial charge in [0.1, 0.15) is 11.5 Å². The fourth-order valence-electron chi connectivity index (χ4n) is 2.98. The predicted octanol–water partition coefficient (Wildman–Crippen LogP) is 1.49. The Morgan fingerprint density at radius 2 is 2.17 bits per heavy atom. The number of nitrogens with one attached hydrogen (secondary N) is 1. The molecule has 1 aromatic heterocycles. The third-order valence-electron chi connectivity index (χ3n) is 3.97. The molecule has 1 heterocycles. The molecule has 128 valence electrons. The molecule has 1 aliphatic rings. The number of hydrogen-bond acceptors (Lipinski definition) is 6. The Morgan fingerprint density at radius 1 is 1.38 bits per heavy atom. The SMILES string of the molecule is Cc1noc(CS(=O)(=O)CC(=O)N[C@@H]2CCCc3ccccc32)n1. The van der Waals surface area contributed by atoms with Crippen molar-refractivity contribution in [1.29, 1.82) is 0 Å². The number of nitrogens with zero attached hydrogens (tertiary/aromatic N) is 2. The second kappa shape index (κ2) is 6.72. The summed E-state index contributed by atoms with van der Waals surface area (Å²) in [5.41, 5.74) is 2.28. The molecule has 0 radical (unpaired) electrons. The van der Waals surface area contributed by atoms with Crippen LogP contribution < -0.4 is 5.32 Å². The van der Waals surface area contributed by atoms with Gasteiger partial charge in [0.05, 0.1) is 6.04 Å². The Kier molecular flexibility index (Phi) is 4.66. The van der Waals surface area contributed by atoms with Gasteiger partial charge < -0.3 is 9.84 Å². The molecule has 0 unspecified atom stereocenters. The standard InChI is InChI=1S/C16H19N3O4S/c1-11-17-16(23-19-11)10-24(21,22)9-15(20)18-14-8-4-6-12-5-2-3-7-13(12)14/h2-3,5,7,14H,4,6,8-10H2,1H3,(H,18,20)/t14-/m1/s1. The Morgan fingerprint density at radius 3 is 2.92 bits per heavy atom. The molecule has 7 nitrogen and oxygen atoms in total. The van der Waals surface area contributed by atoms with Crippen LogP contribution in [0, 0.1) is 6.92 Å². The van der Waals surface area contributed by atoms with Crippen molar-refractivity contribution in [3.63, 3.8) is 0 Å². The van der Waals surface area contributed by atoms with E-state index < -0.39 is 27.3 Å². The summed E-state index contributed by atoms with van der Waals surface area (Å²) in [6, 6.07) is 7.79. The third-order valence-corrected chi connectivity index (χ3v) is 5.36. The zero-order valence-electron chi connectivity index (χ0n) is 13.4. The maximum Gasteiger partial charge on any atom is 0.241 e. The van der Waals surface area contributed by atoms with E-state index in [1.165, 1.54) is 5.56 Å². The first-order valence-corrected chi connectivity index (χ1v) is 9.62. The molecule has 1 N–H and O–H groups in total. The number of fused-ring (bicyclic) bond motifs is 1. The molecule has 1 aromatic carbocycles. The van der Waals surface area contributed by atoms with Gasteiger partial charge in [-0.25, -0.2) is 8.42 Å². The van der Waals surface area contributed by atoms with Crippen molar-refractivity contribution in [1.82, 2.24) is 15.5 Å². The highest BCUT2D eigenvalue weighted by atomic mass is 32.2. The normalized spacial score (nSPS) is 17.3. The Balaban J connectivity index is 1.63. The monoisotopic (exact) mass is 349 g/mol. The Labute approximate surface area is 140 Å². The van der Waals surface area contributed by atoms with Crippen LogP contribution in [-0.2, 0) is 26.8 Å². The summed E-state index contributed by atoms with van der Waals surface area (Å²) in [7, 11) is -3.66. The summed E-state index contributed by atoms with van der Waals surface area (Å²) in [5, 5.41) is 6.38. The van der Waals surface area contributed by atoms with Gasteiger partial charge in [0.2, 0.25) is 11.8 Å². The molecule has 0 bridgehead atoms. The molecule has 1 amide bonds. The summed E-state index contributed by atoms with van der Waals surface area (Å²) in [6.07, 6.45) is 2.76. The molecular formula is C16H19N3O4S. The zero-order valence-corrected chi connectivity index (χ0v) is 14.2. The van der Waals surface area contributed by atoms with Crippen molar-refractivity contribution < 1.29 is 17.7 Å². The fourth-order valence-corrected chi connectivity index (χ4v) is 4.06. The molecule has 0 saturated carbocycles. The lowest BCUT2D eigenvalue weighted by Gasteiger charge is -2.26. The van der Waals surface area contributed by atoms with E-state index in [2.05, 4.69) is 15.5 Å². The minimum absolute atomic E-state index is 0.00307. The van der Waals surface area contributed by atoms with Crippen LogP contribution in [0.5, 0.6) is 0 Å². The van der Waals surface area contributed by atoms with E-state index in [0.717, 1.165) is 24.8 Å². The van der Waals surface area contributed by atoms with Crippen LogP contribution in [0.4, 0.5) is 0 Å². The van der Waals surface area contributed by atoms with Crippen LogP contribution in [0.3, 0.4) is 0 Å². The minimum Gasteiger partial charge on any atom is -0.348 e. The Hall–Kier alpha value is -2.22. The smallest absolute Gasteiger partial charge is 0.241 e. The first-order valence-electron chi connectivity index (χ1n) is 7.80. The molecular weight excluding hydrogens is 330 g/mol. The van der Waals surface area contributed by atoms with Gasteiger partial charge in [0.25, 0.3) is 0 Å². The topological polar surface area (TPSA) is 102 Å². The highest BCUT2D eigenvalue weighted by Crippen LogP contribution is 2.29. The van der Waals surface area contributed by atoms with Gasteiger partial charge >= 0.3 is 0 Å².